The molecule has 2 aromatic rings. The lowest BCUT2D eigenvalue weighted by Crippen LogP contribution is -2.33. The van der Waals surface area contributed by atoms with Gasteiger partial charge in [0.05, 0.1) is 27.4 Å². The van der Waals surface area contributed by atoms with Crippen molar-refractivity contribution in [1.82, 2.24) is 25.1 Å². The normalized spacial score (nSPS) is 17.7. The predicted molar refractivity (Wildman–Crippen MR) is 158 cm³/mol. The maximum atomic E-state index is 13.3. The van der Waals surface area contributed by atoms with Gasteiger partial charge in [-0.3, -0.25) is 14.6 Å². The molecule has 4 heterocycles. The summed E-state index contributed by atoms with van der Waals surface area (Å²) in [7, 11) is 2.11. The van der Waals surface area contributed by atoms with Crippen LogP contribution in [0.5, 0.6) is 0 Å². The Labute approximate surface area is 234 Å². The SMILES string of the molecule is CC/C=C/C(=C1/CCCN1C)c1cnc(/C(=C\N)C(=O)Nc2cc(C(=O)NCCN3CCCC3)cnc2C)s1. The highest BCUT2D eigenvalue weighted by Crippen LogP contribution is 2.34. The van der Waals surface area contributed by atoms with Gasteiger partial charge in [0.15, 0.2) is 0 Å². The summed E-state index contributed by atoms with van der Waals surface area (Å²) < 4.78 is 0. The van der Waals surface area contributed by atoms with E-state index in [1.165, 1.54) is 42.3 Å². The fourth-order valence-corrected chi connectivity index (χ4v) is 5.87. The number of carbonyl (C=O) groups excluding carboxylic acids is 2. The Balaban J connectivity index is 1.47. The number of nitrogens with one attached hydrogen (secondary N) is 2. The van der Waals surface area contributed by atoms with Gasteiger partial charge < -0.3 is 26.2 Å². The van der Waals surface area contributed by atoms with Crippen LogP contribution in [0.3, 0.4) is 0 Å². The zero-order chi connectivity index (χ0) is 27.8. The third kappa shape index (κ3) is 7.13. The molecule has 0 radical (unpaired) electrons. The van der Waals surface area contributed by atoms with Gasteiger partial charge in [0, 0.05) is 56.5 Å². The molecule has 0 unspecified atom stereocenters. The molecule has 0 aliphatic carbocycles. The molecule has 0 atom stereocenters. The Bertz CT molecular complexity index is 1270. The van der Waals surface area contributed by atoms with E-state index in [4.69, 9.17) is 5.73 Å². The van der Waals surface area contributed by atoms with Crippen LogP contribution in [0.15, 0.2) is 42.5 Å². The van der Waals surface area contributed by atoms with Gasteiger partial charge in [-0.1, -0.05) is 19.1 Å². The molecule has 39 heavy (non-hydrogen) atoms. The van der Waals surface area contributed by atoms with Crippen LogP contribution in [0.1, 0.15) is 65.0 Å². The van der Waals surface area contributed by atoms with E-state index < -0.39 is 5.91 Å². The number of likely N-dealkylation sites (tertiary alicyclic amines) is 2. The fourth-order valence-electron chi connectivity index (χ4n) is 4.88. The largest absolute Gasteiger partial charge is 0.404 e. The minimum absolute atomic E-state index is 0.214. The van der Waals surface area contributed by atoms with E-state index in [-0.39, 0.29) is 11.5 Å². The summed E-state index contributed by atoms with van der Waals surface area (Å²) in [5.41, 5.74) is 10.1. The quantitative estimate of drug-likeness (QED) is 0.384. The lowest BCUT2D eigenvalue weighted by molar-refractivity contribution is -0.111. The zero-order valence-corrected chi connectivity index (χ0v) is 23.9. The lowest BCUT2D eigenvalue weighted by Gasteiger charge is -2.16. The Kier molecular flexibility index (Phi) is 9.89. The van der Waals surface area contributed by atoms with Crippen LogP contribution in [0, 0.1) is 6.92 Å². The van der Waals surface area contributed by atoms with Gasteiger partial charge in [0.1, 0.15) is 5.01 Å². The van der Waals surface area contributed by atoms with Crippen LogP contribution in [0.2, 0.25) is 0 Å². The van der Waals surface area contributed by atoms with Crippen molar-refractivity contribution in [1.29, 1.82) is 0 Å². The van der Waals surface area contributed by atoms with E-state index >= 15 is 0 Å². The summed E-state index contributed by atoms with van der Waals surface area (Å²) in [5, 5.41) is 6.38. The Hall–Kier alpha value is -3.50. The van der Waals surface area contributed by atoms with Crippen LogP contribution in [-0.4, -0.2) is 71.4 Å². The molecule has 10 heteroatoms. The number of hydrogen-bond acceptors (Lipinski definition) is 8. The van der Waals surface area contributed by atoms with Crippen LogP contribution in [0.4, 0.5) is 5.69 Å². The minimum atomic E-state index is -0.397. The number of rotatable bonds is 10. The van der Waals surface area contributed by atoms with Gasteiger partial charge in [-0.2, -0.15) is 0 Å². The van der Waals surface area contributed by atoms with E-state index in [1.54, 1.807) is 13.0 Å². The molecular weight excluding hydrogens is 510 g/mol. The zero-order valence-electron chi connectivity index (χ0n) is 23.1. The van der Waals surface area contributed by atoms with Gasteiger partial charge in [-0.15, -0.1) is 11.3 Å². The van der Waals surface area contributed by atoms with Crippen LogP contribution in [0.25, 0.3) is 11.1 Å². The molecule has 9 nitrogen and oxygen atoms in total. The predicted octanol–water partition coefficient (Wildman–Crippen LogP) is 4.01. The number of aromatic nitrogens is 2. The van der Waals surface area contributed by atoms with E-state index in [1.807, 2.05) is 6.20 Å². The molecular formula is C29H39N7O2S. The third-order valence-corrected chi connectivity index (χ3v) is 8.19. The molecule has 2 fully saturated rings. The molecule has 4 N–H and O–H groups in total. The highest BCUT2D eigenvalue weighted by Gasteiger charge is 2.22. The molecule has 0 saturated carbocycles. The Morgan fingerprint density at radius 2 is 1.95 bits per heavy atom. The van der Waals surface area contributed by atoms with Gasteiger partial charge in [-0.25, -0.2) is 4.98 Å². The number of allylic oxidation sites excluding steroid dienone is 4. The van der Waals surface area contributed by atoms with Crippen molar-refractivity contribution < 1.29 is 9.59 Å². The number of carbonyl (C=O) groups is 2. The highest BCUT2D eigenvalue weighted by atomic mass is 32.1. The van der Waals surface area contributed by atoms with Crippen molar-refractivity contribution >= 4 is 40.0 Å². The minimum Gasteiger partial charge on any atom is -0.404 e. The first-order chi connectivity index (χ1) is 18.9. The Morgan fingerprint density at radius 3 is 2.64 bits per heavy atom. The second-order valence-electron chi connectivity index (χ2n) is 9.92. The smallest absolute Gasteiger partial charge is 0.260 e. The average Bonchev–Trinajstić information content (AvgIpc) is 3.70. The molecule has 2 amide bonds. The second kappa shape index (κ2) is 13.5. The number of pyridine rings is 1. The Morgan fingerprint density at radius 1 is 1.15 bits per heavy atom. The summed E-state index contributed by atoms with van der Waals surface area (Å²) in [6.45, 7) is 8.50. The molecule has 2 saturated heterocycles. The monoisotopic (exact) mass is 549 g/mol. The average molecular weight is 550 g/mol. The molecule has 2 aliphatic rings. The standard InChI is InChI=1S/C29H39N7O2S/c1-4-5-9-22(25-10-8-12-35(25)3)26-19-33-29(39-26)23(17-30)28(38)34-24-16-21(18-32-20(24)2)27(37)31-11-15-36-13-6-7-14-36/h5,9,16-19H,4,6-8,10-15,30H2,1-3H3,(H,31,37)(H,34,38)/b9-5+,23-17-,25-22+. The molecule has 0 aromatic carbocycles. The first-order valence-electron chi connectivity index (χ1n) is 13.7. The summed E-state index contributed by atoms with van der Waals surface area (Å²) in [5.74, 6) is -0.611. The van der Waals surface area contributed by atoms with Gasteiger partial charge in [0.25, 0.3) is 11.8 Å². The first-order valence-corrected chi connectivity index (χ1v) is 14.5. The van der Waals surface area contributed by atoms with Gasteiger partial charge >= 0.3 is 0 Å². The van der Waals surface area contributed by atoms with Crippen molar-refractivity contribution in [2.24, 2.45) is 5.73 Å². The van der Waals surface area contributed by atoms with E-state index in [2.05, 4.69) is 56.5 Å². The van der Waals surface area contributed by atoms with Crippen molar-refractivity contribution in [2.75, 3.05) is 45.1 Å². The maximum absolute atomic E-state index is 13.3. The summed E-state index contributed by atoms with van der Waals surface area (Å²) in [6, 6.07) is 1.65. The molecule has 0 spiro atoms. The van der Waals surface area contributed by atoms with Crippen LogP contribution >= 0.6 is 11.3 Å². The molecule has 0 bridgehead atoms. The van der Waals surface area contributed by atoms with Crippen molar-refractivity contribution in [3.63, 3.8) is 0 Å². The van der Waals surface area contributed by atoms with Crippen molar-refractivity contribution in [2.45, 2.75) is 46.0 Å². The van der Waals surface area contributed by atoms with E-state index in [9.17, 15) is 9.59 Å². The van der Waals surface area contributed by atoms with Gasteiger partial charge in [-0.05, 0) is 58.2 Å². The summed E-state index contributed by atoms with van der Waals surface area (Å²) >= 11 is 1.44. The number of aryl methyl sites for hydroxylation is 1. The van der Waals surface area contributed by atoms with Crippen LogP contribution < -0.4 is 16.4 Å². The third-order valence-electron chi connectivity index (χ3n) is 7.12. The number of nitrogens with zero attached hydrogens (tertiary/aromatic N) is 4. The molecule has 4 rings (SSSR count). The number of thiazole rings is 1. The van der Waals surface area contributed by atoms with E-state index in [0.717, 1.165) is 55.9 Å². The van der Waals surface area contributed by atoms with Crippen molar-refractivity contribution in [3.05, 3.63) is 63.7 Å². The number of nitrogens with two attached hydrogens (primary N) is 1. The first kappa shape index (κ1) is 28.5. The summed E-state index contributed by atoms with van der Waals surface area (Å²) in [4.78, 5) is 40.5. The topological polar surface area (TPSA) is 116 Å². The van der Waals surface area contributed by atoms with Crippen LogP contribution in [-0.2, 0) is 4.79 Å². The molecule has 2 aromatic heterocycles. The number of amides is 2. The second-order valence-corrected chi connectivity index (χ2v) is 11.0. The number of anilines is 1. The maximum Gasteiger partial charge on any atom is 0.260 e. The van der Waals surface area contributed by atoms with Gasteiger partial charge in [0.2, 0.25) is 0 Å². The lowest BCUT2D eigenvalue weighted by atomic mass is 10.1. The van der Waals surface area contributed by atoms with E-state index in [0.29, 0.717) is 28.5 Å². The highest BCUT2D eigenvalue weighted by molar-refractivity contribution is 7.14. The van der Waals surface area contributed by atoms with Crippen molar-refractivity contribution in [3.8, 4) is 0 Å². The summed E-state index contributed by atoms with van der Waals surface area (Å²) in [6.07, 6.45) is 14.4. The fraction of sp³-hybridized carbons (Fsp3) is 0.448. The molecule has 208 valence electrons. The number of hydrogen-bond donors (Lipinski definition) is 3. The molecule has 2 aliphatic heterocycles.